The Bertz CT molecular complexity index is 490. The third-order valence-corrected chi connectivity index (χ3v) is 3.56. The van der Waals surface area contributed by atoms with Gasteiger partial charge < -0.3 is 4.74 Å². The smallest absolute Gasteiger partial charge is 0.232 e. The van der Waals surface area contributed by atoms with E-state index in [0.29, 0.717) is 0 Å². The fraction of sp³-hybridized carbons (Fsp3) is 0.400. The Balaban J connectivity index is 2.59. The summed E-state index contributed by atoms with van der Waals surface area (Å²) in [6.45, 7) is 1.69. The van der Waals surface area contributed by atoms with Crippen molar-refractivity contribution in [2.45, 2.75) is 6.92 Å². The Labute approximate surface area is 109 Å². The van der Waals surface area contributed by atoms with E-state index in [0.717, 1.165) is 0 Å². The van der Waals surface area contributed by atoms with E-state index < -0.39 is 14.9 Å². The normalized spacial score (nSPS) is 13.4. The average molecular weight is 301 g/mol. The second-order valence-electron chi connectivity index (χ2n) is 3.67. The van der Waals surface area contributed by atoms with Crippen LogP contribution in [0.2, 0.25) is 5.02 Å². The molecule has 0 aromatic heterocycles. The van der Waals surface area contributed by atoms with E-state index in [2.05, 4.69) is 0 Å². The first kappa shape index (κ1) is 14.5. The van der Waals surface area contributed by atoms with E-state index in [1.54, 1.807) is 13.0 Å². The van der Waals surface area contributed by atoms with Gasteiger partial charge in [0.1, 0.15) is 0 Å². The molecule has 1 rings (SSSR count). The quantitative estimate of drug-likeness (QED) is 0.785. The highest BCUT2D eigenvalue weighted by atomic mass is 35.7. The van der Waals surface area contributed by atoms with Gasteiger partial charge in [0.15, 0.2) is 11.6 Å². The molecule has 1 aromatic rings. The Morgan fingerprint density at radius 1 is 1.47 bits per heavy atom. The van der Waals surface area contributed by atoms with Gasteiger partial charge in [0, 0.05) is 16.6 Å². The van der Waals surface area contributed by atoms with Crippen molar-refractivity contribution in [2.24, 2.45) is 5.92 Å². The zero-order chi connectivity index (χ0) is 13.1. The summed E-state index contributed by atoms with van der Waals surface area (Å²) in [5, 5.41) is -0.0416. The molecule has 1 atom stereocenters. The van der Waals surface area contributed by atoms with Crippen LogP contribution in [-0.2, 0) is 9.05 Å². The van der Waals surface area contributed by atoms with Gasteiger partial charge in [-0.1, -0.05) is 24.6 Å². The molecule has 0 bridgehead atoms. The number of hydrogen-bond donors (Lipinski definition) is 0. The van der Waals surface area contributed by atoms with E-state index >= 15 is 0 Å². The summed E-state index contributed by atoms with van der Waals surface area (Å²) in [5.41, 5.74) is 0. The first-order valence-corrected chi connectivity index (χ1v) is 7.64. The van der Waals surface area contributed by atoms with Crippen molar-refractivity contribution in [2.75, 3.05) is 12.4 Å². The highest BCUT2D eigenvalue weighted by Gasteiger charge is 2.14. The molecular weight excluding hydrogens is 290 g/mol. The van der Waals surface area contributed by atoms with Gasteiger partial charge in [0.05, 0.1) is 17.4 Å². The number of halogens is 3. The molecular formula is C10H11Cl2FO3S. The van der Waals surface area contributed by atoms with Gasteiger partial charge in [-0.2, -0.15) is 0 Å². The molecule has 1 unspecified atom stereocenters. The molecule has 0 aliphatic carbocycles. The first-order chi connectivity index (χ1) is 7.79. The molecule has 0 saturated carbocycles. The van der Waals surface area contributed by atoms with Gasteiger partial charge in [-0.05, 0) is 12.1 Å². The highest BCUT2D eigenvalue weighted by Crippen LogP contribution is 2.24. The van der Waals surface area contributed by atoms with Crippen LogP contribution in [0, 0.1) is 11.7 Å². The summed E-state index contributed by atoms with van der Waals surface area (Å²) in [4.78, 5) is 0. The van der Waals surface area contributed by atoms with E-state index in [-0.39, 0.29) is 29.0 Å². The van der Waals surface area contributed by atoms with Crippen molar-refractivity contribution in [3.05, 3.63) is 29.0 Å². The molecule has 0 saturated heterocycles. The van der Waals surface area contributed by atoms with Crippen molar-refractivity contribution in [1.82, 2.24) is 0 Å². The minimum Gasteiger partial charge on any atom is -0.490 e. The summed E-state index contributed by atoms with van der Waals surface area (Å²) < 4.78 is 40.1. The molecule has 0 amide bonds. The second-order valence-corrected chi connectivity index (χ2v) is 6.90. The lowest BCUT2D eigenvalue weighted by atomic mass is 10.2. The van der Waals surface area contributed by atoms with Crippen LogP contribution >= 0.6 is 22.3 Å². The molecule has 0 fully saturated rings. The number of benzene rings is 1. The van der Waals surface area contributed by atoms with Crippen LogP contribution in [0.4, 0.5) is 4.39 Å². The predicted molar refractivity (Wildman–Crippen MR) is 65.7 cm³/mol. The van der Waals surface area contributed by atoms with E-state index in [9.17, 15) is 12.8 Å². The molecule has 3 nitrogen and oxygen atoms in total. The Morgan fingerprint density at radius 2 is 2.12 bits per heavy atom. The van der Waals surface area contributed by atoms with Gasteiger partial charge in [0.2, 0.25) is 9.05 Å². The zero-order valence-corrected chi connectivity index (χ0v) is 11.3. The maximum atomic E-state index is 13.4. The van der Waals surface area contributed by atoms with Crippen LogP contribution in [0.15, 0.2) is 18.2 Å². The van der Waals surface area contributed by atoms with Crippen molar-refractivity contribution in [1.29, 1.82) is 0 Å². The van der Waals surface area contributed by atoms with Crippen LogP contribution < -0.4 is 4.74 Å². The third-order valence-electron chi connectivity index (χ3n) is 1.92. The molecule has 0 heterocycles. The van der Waals surface area contributed by atoms with E-state index in [1.165, 1.54) is 12.1 Å². The van der Waals surface area contributed by atoms with Crippen molar-refractivity contribution < 1.29 is 17.5 Å². The van der Waals surface area contributed by atoms with Crippen LogP contribution in [-0.4, -0.2) is 20.8 Å². The summed E-state index contributed by atoms with van der Waals surface area (Å²) in [6.07, 6.45) is 0. The van der Waals surface area contributed by atoms with Crippen LogP contribution in [0.3, 0.4) is 0 Å². The van der Waals surface area contributed by atoms with E-state index in [1.807, 2.05) is 0 Å². The Hall–Kier alpha value is -0.520. The molecule has 1 aromatic carbocycles. The first-order valence-electron chi connectivity index (χ1n) is 4.78. The summed E-state index contributed by atoms with van der Waals surface area (Å²) in [6, 6.07) is 4.36. The van der Waals surface area contributed by atoms with Crippen LogP contribution in [0.25, 0.3) is 0 Å². The zero-order valence-electron chi connectivity index (χ0n) is 8.99. The van der Waals surface area contributed by atoms with Crippen molar-refractivity contribution >= 4 is 31.3 Å². The number of rotatable bonds is 5. The summed E-state index contributed by atoms with van der Waals surface area (Å²) in [5.74, 6) is -1.22. The largest absolute Gasteiger partial charge is 0.490 e. The third kappa shape index (κ3) is 5.10. The number of hydrogen-bond acceptors (Lipinski definition) is 3. The van der Waals surface area contributed by atoms with Gasteiger partial charge in [0.25, 0.3) is 0 Å². The van der Waals surface area contributed by atoms with Gasteiger partial charge in [-0.3, -0.25) is 0 Å². The average Bonchev–Trinajstić information content (AvgIpc) is 2.18. The second kappa shape index (κ2) is 5.89. The maximum Gasteiger partial charge on any atom is 0.232 e. The molecule has 0 radical (unpaired) electrons. The van der Waals surface area contributed by atoms with Crippen molar-refractivity contribution in [3.8, 4) is 5.75 Å². The fourth-order valence-corrected chi connectivity index (χ4v) is 2.80. The highest BCUT2D eigenvalue weighted by molar-refractivity contribution is 8.13. The summed E-state index contributed by atoms with van der Waals surface area (Å²) in [7, 11) is 1.51. The monoisotopic (exact) mass is 300 g/mol. The lowest BCUT2D eigenvalue weighted by Gasteiger charge is -2.12. The molecule has 0 aliphatic heterocycles. The molecule has 0 spiro atoms. The minimum absolute atomic E-state index is 0.00341. The van der Waals surface area contributed by atoms with E-state index in [4.69, 9.17) is 27.0 Å². The maximum absolute atomic E-state index is 13.4. The molecule has 96 valence electrons. The molecule has 17 heavy (non-hydrogen) atoms. The predicted octanol–water partition coefficient (Wildman–Crippen LogP) is 3.06. The standard InChI is InChI=1S/C10H11Cl2FO3S/c1-7(6-17(12,14)15)5-16-9-4-2-3-8(11)10(9)13/h2-4,7H,5-6H2,1H3. The minimum atomic E-state index is -3.57. The van der Waals surface area contributed by atoms with Gasteiger partial charge >= 0.3 is 0 Å². The van der Waals surface area contributed by atoms with Gasteiger partial charge in [-0.15, -0.1) is 0 Å². The SMILES string of the molecule is CC(COc1cccc(Cl)c1F)CS(=O)(=O)Cl. The van der Waals surface area contributed by atoms with Crippen molar-refractivity contribution in [3.63, 3.8) is 0 Å². The summed E-state index contributed by atoms with van der Waals surface area (Å²) >= 11 is 5.56. The Kier molecular flexibility index (Phi) is 5.04. The fourth-order valence-electron chi connectivity index (χ4n) is 1.22. The van der Waals surface area contributed by atoms with Crippen LogP contribution in [0.1, 0.15) is 6.92 Å². The number of ether oxygens (including phenoxy) is 1. The lowest BCUT2D eigenvalue weighted by Crippen LogP contribution is -2.16. The topological polar surface area (TPSA) is 43.4 Å². The Morgan fingerprint density at radius 3 is 2.71 bits per heavy atom. The van der Waals surface area contributed by atoms with Gasteiger partial charge in [-0.25, -0.2) is 12.8 Å². The molecule has 0 N–H and O–H groups in total. The lowest BCUT2D eigenvalue weighted by molar-refractivity contribution is 0.260. The molecule has 7 heteroatoms. The molecule has 0 aliphatic rings. The van der Waals surface area contributed by atoms with Crippen LogP contribution in [0.5, 0.6) is 5.75 Å².